The zero-order valence-electron chi connectivity index (χ0n) is 20.5. The summed E-state index contributed by atoms with van der Waals surface area (Å²) in [5, 5.41) is 2.40. The van der Waals surface area contributed by atoms with Crippen LogP contribution in [0.5, 0.6) is 11.5 Å². The SMILES string of the molecule is COC(=O)[C@H](Cc1ccc(-c2c(OC)cccc2OC)cc1)NC(=O)/C(=C/C(F)(F)F)c1ccccc1. The molecule has 0 aliphatic rings. The molecule has 1 amide bonds. The normalized spacial score (nSPS) is 12.4. The standard InChI is InChI=1S/C28H26F3NO5/c1-35-23-10-7-11-24(36-2)25(23)20-14-12-18(13-15-20)16-22(27(34)37-3)32-26(33)21(17-28(29,30)31)19-8-5-4-6-9-19/h4-15,17,22H,16H2,1-3H3,(H,32,33)/b21-17+/t22-/m0/s1. The molecule has 0 bridgehead atoms. The van der Waals surface area contributed by atoms with Crippen LogP contribution in [0.3, 0.4) is 0 Å². The van der Waals surface area contributed by atoms with Crippen LogP contribution in [0.2, 0.25) is 0 Å². The van der Waals surface area contributed by atoms with Crippen LogP contribution in [-0.4, -0.2) is 45.4 Å². The molecule has 9 heteroatoms. The summed E-state index contributed by atoms with van der Waals surface area (Å²) in [4.78, 5) is 25.3. The molecule has 0 aliphatic heterocycles. The Morgan fingerprint density at radius 2 is 1.46 bits per heavy atom. The Bertz CT molecular complexity index is 1230. The second kappa shape index (κ2) is 12.1. The maximum Gasteiger partial charge on any atom is 0.410 e. The predicted molar refractivity (Wildman–Crippen MR) is 133 cm³/mol. The number of nitrogens with one attached hydrogen (secondary N) is 1. The molecule has 0 saturated heterocycles. The summed E-state index contributed by atoms with van der Waals surface area (Å²) in [6, 6.07) is 18.7. The Hall–Kier alpha value is -4.27. The van der Waals surface area contributed by atoms with E-state index in [1.54, 1.807) is 62.8 Å². The van der Waals surface area contributed by atoms with Crippen molar-refractivity contribution in [3.63, 3.8) is 0 Å². The van der Waals surface area contributed by atoms with Gasteiger partial charge in [0.1, 0.15) is 17.5 Å². The highest BCUT2D eigenvalue weighted by Gasteiger charge is 2.30. The van der Waals surface area contributed by atoms with E-state index in [0.29, 0.717) is 17.1 Å². The number of allylic oxidation sites excluding steroid dienone is 1. The first-order chi connectivity index (χ1) is 17.7. The maximum atomic E-state index is 13.2. The summed E-state index contributed by atoms with van der Waals surface area (Å²) >= 11 is 0. The molecule has 3 aromatic rings. The molecule has 0 fully saturated rings. The fourth-order valence-corrected chi connectivity index (χ4v) is 3.81. The average molecular weight is 514 g/mol. The number of ether oxygens (including phenoxy) is 3. The molecule has 0 aromatic heterocycles. The smallest absolute Gasteiger partial charge is 0.410 e. The monoisotopic (exact) mass is 513 g/mol. The van der Waals surface area contributed by atoms with Gasteiger partial charge in [0.2, 0.25) is 0 Å². The van der Waals surface area contributed by atoms with Gasteiger partial charge in [-0.05, 0) is 28.8 Å². The number of esters is 1. The van der Waals surface area contributed by atoms with Crippen molar-refractivity contribution in [2.24, 2.45) is 0 Å². The van der Waals surface area contributed by atoms with Gasteiger partial charge in [-0.15, -0.1) is 0 Å². The molecular formula is C28H26F3NO5. The molecule has 0 saturated carbocycles. The number of methoxy groups -OCH3 is 3. The van der Waals surface area contributed by atoms with Crippen molar-refractivity contribution in [2.75, 3.05) is 21.3 Å². The number of carbonyl (C=O) groups excluding carboxylic acids is 2. The summed E-state index contributed by atoms with van der Waals surface area (Å²) in [5.41, 5.74) is 1.63. The second-order valence-electron chi connectivity index (χ2n) is 7.95. The Morgan fingerprint density at radius 1 is 0.865 bits per heavy atom. The minimum Gasteiger partial charge on any atom is -0.496 e. The van der Waals surface area contributed by atoms with Gasteiger partial charge in [-0.3, -0.25) is 4.79 Å². The van der Waals surface area contributed by atoms with Crippen molar-refractivity contribution < 1.29 is 37.0 Å². The number of halogens is 3. The van der Waals surface area contributed by atoms with E-state index < -0.39 is 29.7 Å². The largest absolute Gasteiger partial charge is 0.496 e. The van der Waals surface area contributed by atoms with Gasteiger partial charge < -0.3 is 19.5 Å². The summed E-state index contributed by atoms with van der Waals surface area (Å²) in [6.07, 6.45) is -4.82. The van der Waals surface area contributed by atoms with E-state index in [-0.39, 0.29) is 18.1 Å². The molecule has 3 aromatic carbocycles. The topological polar surface area (TPSA) is 73.9 Å². The zero-order valence-corrected chi connectivity index (χ0v) is 20.5. The van der Waals surface area contributed by atoms with E-state index in [0.717, 1.165) is 18.2 Å². The summed E-state index contributed by atoms with van der Waals surface area (Å²) in [7, 11) is 4.24. The van der Waals surface area contributed by atoms with Crippen LogP contribution in [0.1, 0.15) is 11.1 Å². The lowest BCUT2D eigenvalue weighted by Crippen LogP contribution is -2.43. The molecule has 0 unspecified atom stereocenters. The molecule has 0 spiro atoms. The predicted octanol–water partition coefficient (Wildman–Crippen LogP) is 5.22. The van der Waals surface area contributed by atoms with Gasteiger partial charge in [-0.25, -0.2) is 4.79 Å². The van der Waals surface area contributed by atoms with E-state index in [1.807, 2.05) is 0 Å². The fourth-order valence-electron chi connectivity index (χ4n) is 3.81. The first-order valence-electron chi connectivity index (χ1n) is 11.2. The Morgan fingerprint density at radius 3 is 1.97 bits per heavy atom. The lowest BCUT2D eigenvalue weighted by molar-refractivity contribution is -0.144. The third-order valence-electron chi connectivity index (χ3n) is 5.54. The minimum atomic E-state index is -4.74. The van der Waals surface area contributed by atoms with Crippen molar-refractivity contribution >= 4 is 17.4 Å². The Balaban J connectivity index is 1.87. The summed E-state index contributed by atoms with van der Waals surface area (Å²) < 4.78 is 55.2. The van der Waals surface area contributed by atoms with Gasteiger partial charge in [0.25, 0.3) is 5.91 Å². The zero-order chi connectivity index (χ0) is 27.0. The van der Waals surface area contributed by atoms with Crippen molar-refractivity contribution in [1.29, 1.82) is 0 Å². The van der Waals surface area contributed by atoms with Gasteiger partial charge >= 0.3 is 12.1 Å². The molecule has 37 heavy (non-hydrogen) atoms. The number of hydrogen-bond acceptors (Lipinski definition) is 5. The highest BCUT2D eigenvalue weighted by Crippen LogP contribution is 2.38. The van der Waals surface area contributed by atoms with Crippen molar-refractivity contribution in [3.05, 3.63) is 90.0 Å². The number of amides is 1. The highest BCUT2D eigenvalue weighted by molar-refractivity contribution is 6.20. The number of rotatable bonds is 9. The number of hydrogen-bond donors (Lipinski definition) is 1. The second-order valence-corrected chi connectivity index (χ2v) is 7.95. The number of carbonyl (C=O) groups is 2. The van der Waals surface area contributed by atoms with E-state index in [4.69, 9.17) is 14.2 Å². The highest BCUT2D eigenvalue weighted by atomic mass is 19.4. The third-order valence-corrected chi connectivity index (χ3v) is 5.54. The van der Waals surface area contributed by atoms with Crippen LogP contribution in [-0.2, 0) is 20.7 Å². The van der Waals surface area contributed by atoms with Gasteiger partial charge in [-0.2, -0.15) is 13.2 Å². The van der Waals surface area contributed by atoms with Crippen LogP contribution < -0.4 is 14.8 Å². The van der Waals surface area contributed by atoms with Crippen molar-refractivity contribution in [3.8, 4) is 22.6 Å². The van der Waals surface area contributed by atoms with E-state index in [1.165, 1.54) is 24.3 Å². The lowest BCUT2D eigenvalue weighted by atomic mass is 9.98. The molecule has 194 valence electrons. The molecule has 1 atom stereocenters. The van der Waals surface area contributed by atoms with Crippen molar-refractivity contribution in [2.45, 2.75) is 18.6 Å². The molecule has 6 nitrogen and oxygen atoms in total. The molecular weight excluding hydrogens is 487 g/mol. The number of benzene rings is 3. The minimum absolute atomic E-state index is 0.00413. The third kappa shape index (κ3) is 7.13. The molecule has 0 heterocycles. The Kier molecular flexibility index (Phi) is 8.95. The van der Waals surface area contributed by atoms with Crippen LogP contribution in [0.4, 0.5) is 13.2 Å². The first-order valence-corrected chi connectivity index (χ1v) is 11.2. The van der Waals surface area contributed by atoms with E-state index in [9.17, 15) is 22.8 Å². The fraction of sp³-hybridized carbons (Fsp3) is 0.214. The van der Waals surface area contributed by atoms with Crippen LogP contribution in [0.15, 0.2) is 78.9 Å². The molecule has 0 radical (unpaired) electrons. The van der Waals surface area contributed by atoms with E-state index >= 15 is 0 Å². The van der Waals surface area contributed by atoms with Gasteiger partial charge in [0.05, 0.1) is 32.5 Å². The quantitative estimate of drug-likeness (QED) is 0.314. The summed E-state index contributed by atoms with van der Waals surface area (Å²) in [5.74, 6) is -0.620. The van der Waals surface area contributed by atoms with Crippen LogP contribution in [0.25, 0.3) is 16.7 Å². The van der Waals surface area contributed by atoms with Gasteiger partial charge in [0.15, 0.2) is 0 Å². The van der Waals surface area contributed by atoms with Gasteiger partial charge in [0, 0.05) is 12.5 Å². The first kappa shape index (κ1) is 27.3. The Labute approximate surface area is 212 Å². The molecule has 3 rings (SSSR count). The van der Waals surface area contributed by atoms with Crippen LogP contribution in [0, 0.1) is 0 Å². The van der Waals surface area contributed by atoms with Gasteiger partial charge in [-0.1, -0.05) is 60.7 Å². The van der Waals surface area contributed by atoms with Crippen LogP contribution >= 0.6 is 0 Å². The molecule has 1 N–H and O–H groups in total. The average Bonchev–Trinajstić information content (AvgIpc) is 2.90. The van der Waals surface area contributed by atoms with E-state index in [2.05, 4.69) is 5.32 Å². The maximum absolute atomic E-state index is 13.2. The number of alkyl halides is 3. The molecule has 0 aliphatic carbocycles. The summed E-state index contributed by atoms with van der Waals surface area (Å²) in [6.45, 7) is 0. The van der Waals surface area contributed by atoms with Crippen molar-refractivity contribution in [1.82, 2.24) is 5.32 Å². The lowest BCUT2D eigenvalue weighted by Gasteiger charge is -2.19.